The van der Waals surface area contributed by atoms with E-state index in [9.17, 15) is 13.2 Å². The van der Waals surface area contributed by atoms with E-state index in [0.29, 0.717) is 6.54 Å². The van der Waals surface area contributed by atoms with Gasteiger partial charge in [-0.2, -0.15) is 4.31 Å². The maximum atomic E-state index is 11.4. The number of carbonyl (C=O) groups is 1. The van der Waals surface area contributed by atoms with Gasteiger partial charge in [0.25, 0.3) is 0 Å². The average Bonchev–Trinajstić information content (AvgIpc) is 2.92. The number of amides is 1. The maximum Gasteiger partial charge on any atom is 0.235 e. The van der Waals surface area contributed by atoms with Crippen LogP contribution in [0.3, 0.4) is 0 Å². The van der Waals surface area contributed by atoms with Gasteiger partial charge in [-0.15, -0.1) is 0 Å². The third kappa shape index (κ3) is 4.17. The lowest BCUT2D eigenvalue weighted by atomic mass is 10.4. The number of hydrogen-bond acceptors (Lipinski definition) is 3. The molecule has 1 rings (SSSR count). The SMILES string of the molecule is CCCNC(=O)CN(C1CC1)S(C)(=O)=O. The first-order valence-electron chi connectivity index (χ1n) is 5.18. The molecule has 0 aromatic carbocycles. The molecular weight excluding hydrogens is 216 g/mol. The molecule has 1 amide bonds. The standard InChI is InChI=1S/C9H18N2O3S/c1-3-6-10-9(12)7-11(8-4-5-8)15(2,13)14/h8H,3-7H2,1-2H3,(H,10,12). The van der Waals surface area contributed by atoms with Gasteiger partial charge in [0.2, 0.25) is 15.9 Å². The van der Waals surface area contributed by atoms with E-state index in [1.54, 1.807) is 0 Å². The van der Waals surface area contributed by atoms with Crippen LogP contribution in [0, 0.1) is 0 Å². The highest BCUT2D eigenvalue weighted by Crippen LogP contribution is 2.28. The summed E-state index contributed by atoms with van der Waals surface area (Å²) in [6.07, 6.45) is 3.74. The highest BCUT2D eigenvalue weighted by Gasteiger charge is 2.35. The minimum absolute atomic E-state index is 0.0382. The van der Waals surface area contributed by atoms with Crippen LogP contribution in [0.2, 0.25) is 0 Å². The predicted molar refractivity (Wildman–Crippen MR) is 57.9 cm³/mol. The molecule has 1 saturated carbocycles. The molecule has 0 atom stereocenters. The van der Waals surface area contributed by atoms with Gasteiger partial charge in [-0.05, 0) is 19.3 Å². The summed E-state index contributed by atoms with van der Waals surface area (Å²) in [5.41, 5.74) is 0. The van der Waals surface area contributed by atoms with E-state index < -0.39 is 10.0 Å². The van der Waals surface area contributed by atoms with Crippen molar-refractivity contribution in [2.24, 2.45) is 0 Å². The molecule has 1 fully saturated rings. The minimum Gasteiger partial charge on any atom is -0.355 e. The quantitative estimate of drug-likeness (QED) is 0.700. The van der Waals surface area contributed by atoms with Crippen LogP contribution in [0.25, 0.3) is 0 Å². The second-order valence-corrected chi connectivity index (χ2v) is 5.82. The van der Waals surface area contributed by atoms with Crippen LogP contribution in [0.4, 0.5) is 0 Å². The van der Waals surface area contributed by atoms with Gasteiger partial charge < -0.3 is 5.32 Å². The minimum atomic E-state index is -3.25. The topological polar surface area (TPSA) is 66.5 Å². The van der Waals surface area contributed by atoms with Gasteiger partial charge in [-0.3, -0.25) is 4.79 Å². The van der Waals surface area contributed by atoms with E-state index in [-0.39, 0.29) is 18.5 Å². The van der Waals surface area contributed by atoms with Gasteiger partial charge >= 0.3 is 0 Å². The Labute approximate surface area is 90.9 Å². The Morgan fingerprint density at radius 3 is 2.47 bits per heavy atom. The molecule has 15 heavy (non-hydrogen) atoms. The van der Waals surface area contributed by atoms with Gasteiger partial charge in [0.05, 0.1) is 12.8 Å². The molecule has 0 saturated heterocycles. The first-order valence-corrected chi connectivity index (χ1v) is 7.03. The lowest BCUT2D eigenvalue weighted by molar-refractivity contribution is -0.121. The molecule has 0 aromatic rings. The van der Waals surface area contributed by atoms with Crippen molar-refractivity contribution in [2.45, 2.75) is 32.2 Å². The van der Waals surface area contributed by atoms with Crippen molar-refractivity contribution in [1.29, 1.82) is 0 Å². The van der Waals surface area contributed by atoms with Gasteiger partial charge in [-0.1, -0.05) is 6.92 Å². The lowest BCUT2D eigenvalue weighted by Gasteiger charge is -2.18. The first-order chi connectivity index (χ1) is 6.95. The fraction of sp³-hybridized carbons (Fsp3) is 0.889. The predicted octanol–water partition coefficient (Wildman–Crippen LogP) is -0.0634. The van der Waals surface area contributed by atoms with Crippen LogP contribution < -0.4 is 5.32 Å². The van der Waals surface area contributed by atoms with Gasteiger partial charge in [0, 0.05) is 12.6 Å². The highest BCUT2D eigenvalue weighted by atomic mass is 32.2. The van der Waals surface area contributed by atoms with Gasteiger partial charge in [0.15, 0.2) is 0 Å². The third-order valence-corrected chi connectivity index (χ3v) is 3.53. The van der Waals surface area contributed by atoms with E-state index >= 15 is 0 Å². The molecule has 0 heterocycles. The Balaban J connectivity index is 2.48. The highest BCUT2D eigenvalue weighted by molar-refractivity contribution is 7.88. The first kappa shape index (κ1) is 12.4. The third-order valence-electron chi connectivity index (χ3n) is 2.25. The van der Waals surface area contributed by atoms with Crippen LogP contribution >= 0.6 is 0 Å². The van der Waals surface area contributed by atoms with Crippen molar-refractivity contribution in [3.63, 3.8) is 0 Å². The summed E-state index contributed by atoms with van der Waals surface area (Å²) < 4.78 is 24.0. The van der Waals surface area contributed by atoms with Crippen LogP contribution in [-0.2, 0) is 14.8 Å². The Kier molecular flexibility index (Phi) is 4.10. The Bertz CT molecular complexity index is 322. The summed E-state index contributed by atoms with van der Waals surface area (Å²) >= 11 is 0. The Morgan fingerprint density at radius 1 is 1.47 bits per heavy atom. The van der Waals surface area contributed by atoms with Crippen LogP contribution in [0.15, 0.2) is 0 Å². The molecule has 88 valence electrons. The zero-order chi connectivity index (χ0) is 11.5. The normalized spacial score (nSPS) is 16.7. The molecule has 5 nitrogen and oxygen atoms in total. The number of nitrogens with one attached hydrogen (secondary N) is 1. The summed E-state index contributed by atoms with van der Waals surface area (Å²) in [5, 5.41) is 2.67. The average molecular weight is 234 g/mol. The molecule has 0 aliphatic heterocycles. The maximum absolute atomic E-state index is 11.4. The lowest BCUT2D eigenvalue weighted by Crippen LogP contribution is -2.41. The summed E-state index contributed by atoms with van der Waals surface area (Å²) in [6.45, 7) is 2.51. The van der Waals surface area contributed by atoms with Crippen molar-refractivity contribution in [3.8, 4) is 0 Å². The smallest absolute Gasteiger partial charge is 0.235 e. The summed E-state index contributed by atoms with van der Waals surface area (Å²) in [4.78, 5) is 11.4. The van der Waals surface area contributed by atoms with Crippen molar-refractivity contribution in [2.75, 3.05) is 19.3 Å². The van der Waals surface area contributed by atoms with Crippen molar-refractivity contribution < 1.29 is 13.2 Å². The summed E-state index contributed by atoms with van der Waals surface area (Å²) in [5.74, 6) is -0.214. The summed E-state index contributed by atoms with van der Waals surface area (Å²) in [7, 11) is -3.25. The molecule has 1 N–H and O–H groups in total. The van der Waals surface area contributed by atoms with E-state index in [1.165, 1.54) is 4.31 Å². The molecule has 0 spiro atoms. The zero-order valence-electron chi connectivity index (χ0n) is 9.19. The molecule has 6 heteroatoms. The van der Waals surface area contributed by atoms with Crippen molar-refractivity contribution in [3.05, 3.63) is 0 Å². The number of hydrogen-bond donors (Lipinski definition) is 1. The zero-order valence-corrected chi connectivity index (χ0v) is 10.0. The fourth-order valence-electron chi connectivity index (χ4n) is 1.34. The second kappa shape index (κ2) is 4.94. The van der Waals surface area contributed by atoms with Crippen LogP contribution in [-0.4, -0.2) is 44.0 Å². The summed E-state index contributed by atoms with van der Waals surface area (Å²) in [6, 6.07) is 0.0485. The molecule has 1 aliphatic rings. The molecule has 0 aromatic heterocycles. The monoisotopic (exact) mass is 234 g/mol. The number of nitrogens with zero attached hydrogens (tertiary/aromatic N) is 1. The molecule has 0 radical (unpaired) electrons. The van der Waals surface area contributed by atoms with Gasteiger partial charge in [0.1, 0.15) is 0 Å². The Hall–Kier alpha value is -0.620. The largest absolute Gasteiger partial charge is 0.355 e. The van der Waals surface area contributed by atoms with E-state index in [4.69, 9.17) is 0 Å². The van der Waals surface area contributed by atoms with Crippen molar-refractivity contribution >= 4 is 15.9 Å². The van der Waals surface area contributed by atoms with Crippen molar-refractivity contribution in [1.82, 2.24) is 9.62 Å². The van der Waals surface area contributed by atoms with Crippen LogP contribution in [0.5, 0.6) is 0 Å². The number of carbonyl (C=O) groups excluding carboxylic acids is 1. The number of sulfonamides is 1. The fourth-order valence-corrected chi connectivity index (χ4v) is 2.45. The molecule has 0 unspecified atom stereocenters. The Morgan fingerprint density at radius 2 is 2.07 bits per heavy atom. The van der Waals surface area contributed by atoms with E-state index in [0.717, 1.165) is 25.5 Å². The van der Waals surface area contributed by atoms with E-state index in [2.05, 4.69) is 5.32 Å². The number of rotatable bonds is 6. The molecule has 1 aliphatic carbocycles. The molecular formula is C9H18N2O3S. The second-order valence-electron chi connectivity index (χ2n) is 3.89. The molecule has 0 bridgehead atoms. The van der Waals surface area contributed by atoms with E-state index in [1.807, 2.05) is 6.92 Å². The van der Waals surface area contributed by atoms with Gasteiger partial charge in [-0.25, -0.2) is 8.42 Å². The van der Waals surface area contributed by atoms with Crippen LogP contribution in [0.1, 0.15) is 26.2 Å².